The van der Waals surface area contributed by atoms with E-state index in [0.717, 1.165) is 13.1 Å². The summed E-state index contributed by atoms with van der Waals surface area (Å²) >= 11 is 0. The third-order valence-electron chi connectivity index (χ3n) is 4.64. The number of nitrogens with zero attached hydrogens (tertiary/aromatic N) is 2. The number of rotatable bonds is 2. The first-order chi connectivity index (χ1) is 9.16. The van der Waals surface area contributed by atoms with Crippen LogP contribution in [0, 0.1) is 11.6 Å². The van der Waals surface area contributed by atoms with Crippen molar-refractivity contribution in [1.29, 1.82) is 0 Å². The Morgan fingerprint density at radius 3 is 2.63 bits per heavy atom. The molecule has 2 nitrogen and oxygen atoms in total. The van der Waals surface area contributed by atoms with Gasteiger partial charge in [0.25, 0.3) is 0 Å². The minimum Gasteiger partial charge on any atom is -0.298 e. The summed E-state index contributed by atoms with van der Waals surface area (Å²) in [6.07, 6.45) is 2.45. The van der Waals surface area contributed by atoms with E-state index in [1.54, 1.807) is 0 Å². The Labute approximate surface area is 113 Å². The molecule has 2 heterocycles. The molecule has 2 aliphatic rings. The maximum Gasteiger partial charge on any atom is 0.130 e. The molecule has 104 valence electrons. The van der Waals surface area contributed by atoms with Gasteiger partial charge in [-0.2, -0.15) is 0 Å². The molecule has 19 heavy (non-hydrogen) atoms. The Morgan fingerprint density at radius 2 is 1.89 bits per heavy atom. The van der Waals surface area contributed by atoms with Gasteiger partial charge in [-0.3, -0.25) is 9.80 Å². The van der Waals surface area contributed by atoms with Gasteiger partial charge in [0.1, 0.15) is 11.6 Å². The van der Waals surface area contributed by atoms with Crippen LogP contribution >= 0.6 is 0 Å². The maximum absolute atomic E-state index is 13.7. The number of hydrogen-bond donors (Lipinski definition) is 0. The SMILES string of the molecule is CC1C2CCCN2CCN1Cc1c(F)cccc1F. The second-order valence-electron chi connectivity index (χ2n) is 5.66. The highest BCUT2D eigenvalue weighted by Gasteiger charge is 2.36. The summed E-state index contributed by atoms with van der Waals surface area (Å²) in [7, 11) is 0. The summed E-state index contributed by atoms with van der Waals surface area (Å²) in [6.45, 7) is 5.65. The van der Waals surface area contributed by atoms with E-state index >= 15 is 0 Å². The van der Waals surface area contributed by atoms with Gasteiger partial charge in [0.05, 0.1) is 0 Å². The molecule has 0 bridgehead atoms. The van der Waals surface area contributed by atoms with E-state index in [9.17, 15) is 8.78 Å². The zero-order chi connectivity index (χ0) is 13.4. The van der Waals surface area contributed by atoms with Crippen molar-refractivity contribution in [2.45, 2.75) is 38.4 Å². The Bertz CT molecular complexity index is 443. The fourth-order valence-corrected chi connectivity index (χ4v) is 3.49. The number of benzene rings is 1. The molecule has 0 amide bonds. The highest BCUT2D eigenvalue weighted by atomic mass is 19.1. The van der Waals surface area contributed by atoms with Crippen LogP contribution in [0.5, 0.6) is 0 Å². The Hall–Kier alpha value is -1.00. The van der Waals surface area contributed by atoms with Crippen LogP contribution in [0.15, 0.2) is 18.2 Å². The van der Waals surface area contributed by atoms with Gasteiger partial charge in [0.15, 0.2) is 0 Å². The molecule has 2 atom stereocenters. The van der Waals surface area contributed by atoms with E-state index in [1.165, 1.54) is 37.6 Å². The lowest BCUT2D eigenvalue weighted by molar-refractivity contribution is 0.0456. The van der Waals surface area contributed by atoms with E-state index in [-0.39, 0.29) is 5.56 Å². The van der Waals surface area contributed by atoms with Crippen LogP contribution in [-0.4, -0.2) is 41.5 Å². The Kier molecular flexibility index (Phi) is 3.54. The van der Waals surface area contributed by atoms with Gasteiger partial charge in [0, 0.05) is 37.3 Å². The summed E-state index contributed by atoms with van der Waals surface area (Å²) in [4.78, 5) is 4.73. The van der Waals surface area contributed by atoms with E-state index in [0.29, 0.717) is 18.6 Å². The molecule has 2 unspecified atom stereocenters. The lowest BCUT2D eigenvalue weighted by Gasteiger charge is -2.43. The van der Waals surface area contributed by atoms with Gasteiger partial charge < -0.3 is 0 Å². The Morgan fingerprint density at radius 1 is 1.16 bits per heavy atom. The maximum atomic E-state index is 13.7. The van der Waals surface area contributed by atoms with Crippen LogP contribution in [0.2, 0.25) is 0 Å². The van der Waals surface area contributed by atoms with Crippen LogP contribution in [-0.2, 0) is 6.54 Å². The van der Waals surface area contributed by atoms with Gasteiger partial charge >= 0.3 is 0 Å². The fourth-order valence-electron chi connectivity index (χ4n) is 3.49. The molecular weight excluding hydrogens is 246 g/mol. The molecule has 2 saturated heterocycles. The van der Waals surface area contributed by atoms with Crippen molar-refractivity contribution in [1.82, 2.24) is 9.80 Å². The Balaban J connectivity index is 1.76. The van der Waals surface area contributed by atoms with Gasteiger partial charge in [-0.05, 0) is 38.4 Å². The largest absolute Gasteiger partial charge is 0.298 e. The molecule has 0 radical (unpaired) electrons. The highest BCUT2D eigenvalue weighted by Crippen LogP contribution is 2.28. The molecule has 1 aromatic carbocycles. The standard InChI is InChI=1S/C15H20F2N2/c1-11-15-6-3-7-18(15)8-9-19(11)10-12-13(16)4-2-5-14(12)17/h2,4-5,11,15H,3,6-10H2,1H3. The molecule has 0 aromatic heterocycles. The molecule has 1 aromatic rings. The van der Waals surface area contributed by atoms with E-state index < -0.39 is 11.6 Å². The van der Waals surface area contributed by atoms with Crippen molar-refractivity contribution in [3.63, 3.8) is 0 Å². The third kappa shape index (κ3) is 2.39. The van der Waals surface area contributed by atoms with E-state index in [2.05, 4.69) is 16.7 Å². The number of hydrogen-bond acceptors (Lipinski definition) is 2. The number of halogens is 2. The third-order valence-corrected chi connectivity index (χ3v) is 4.64. The summed E-state index contributed by atoms with van der Waals surface area (Å²) in [5, 5.41) is 0. The molecule has 0 N–H and O–H groups in total. The van der Waals surface area contributed by atoms with Crippen LogP contribution in [0.1, 0.15) is 25.3 Å². The van der Waals surface area contributed by atoms with Crippen molar-refractivity contribution in [2.24, 2.45) is 0 Å². The van der Waals surface area contributed by atoms with E-state index in [1.807, 2.05) is 0 Å². The van der Waals surface area contributed by atoms with Crippen molar-refractivity contribution < 1.29 is 8.78 Å². The first-order valence-electron chi connectivity index (χ1n) is 7.08. The van der Waals surface area contributed by atoms with Crippen molar-refractivity contribution in [3.05, 3.63) is 35.4 Å². The van der Waals surface area contributed by atoms with Gasteiger partial charge in [-0.25, -0.2) is 8.78 Å². The van der Waals surface area contributed by atoms with Crippen molar-refractivity contribution in [3.8, 4) is 0 Å². The minimum atomic E-state index is -0.430. The zero-order valence-electron chi connectivity index (χ0n) is 11.3. The molecule has 4 heteroatoms. The normalized spacial score (nSPS) is 28.6. The summed E-state index contributed by atoms with van der Waals surface area (Å²) in [5.74, 6) is -0.859. The molecule has 0 saturated carbocycles. The van der Waals surface area contributed by atoms with Gasteiger partial charge in [0.2, 0.25) is 0 Å². The first kappa shape index (κ1) is 13.0. The van der Waals surface area contributed by atoms with Crippen LogP contribution < -0.4 is 0 Å². The molecule has 0 spiro atoms. The second-order valence-corrected chi connectivity index (χ2v) is 5.66. The zero-order valence-corrected chi connectivity index (χ0v) is 11.3. The monoisotopic (exact) mass is 266 g/mol. The second kappa shape index (κ2) is 5.17. The van der Waals surface area contributed by atoms with Crippen molar-refractivity contribution in [2.75, 3.05) is 19.6 Å². The smallest absolute Gasteiger partial charge is 0.130 e. The lowest BCUT2D eigenvalue weighted by atomic mass is 10.0. The first-order valence-corrected chi connectivity index (χ1v) is 7.08. The van der Waals surface area contributed by atoms with Crippen LogP contribution in [0.3, 0.4) is 0 Å². The summed E-state index contributed by atoms with van der Waals surface area (Å²) in [5.41, 5.74) is 0.209. The number of piperazine rings is 1. The summed E-state index contributed by atoms with van der Waals surface area (Å²) < 4.78 is 27.4. The molecule has 2 aliphatic heterocycles. The average Bonchev–Trinajstić information content (AvgIpc) is 2.85. The topological polar surface area (TPSA) is 6.48 Å². The molecule has 0 aliphatic carbocycles. The average molecular weight is 266 g/mol. The molecule has 3 rings (SSSR count). The lowest BCUT2D eigenvalue weighted by Crippen LogP contribution is -2.55. The van der Waals surface area contributed by atoms with Crippen molar-refractivity contribution >= 4 is 0 Å². The predicted octanol–water partition coefficient (Wildman–Crippen LogP) is 2.63. The fraction of sp³-hybridized carbons (Fsp3) is 0.600. The number of fused-ring (bicyclic) bond motifs is 1. The molecule has 2 fully saturated rings. The van der Waals surface area contributed by atoms with Crippen LogP contribution in [0.25, 0.3) is 0 Å². The van der Waals surface area contributed by atoms with Gasteiger partial charge in [-0.15, -0.1) is 0 Å². The van der Waals surface area contributed by atoms with E-state index in [4.69, 9.17) is 0 Å². The predicted molar refractivity (Wildman–Crippen MR) is 70.8 cm³/mol. The summed E-state index contributed by atoms with van der Waals surface area (Å²) in [6, 6.07) is 5.04. The minimum absolute atomic E-state index is 0.209. The van der Waals surface area contributed by atoms with Gasteiger partial charge in [-0.1, -0.05) is 6.07 Å². The molecular formula is C15H20F2N2. The van der Waals surface area contributed by atoms with Crippen LogP contribution in [0.4, 0.5) is 8.78 Å². The highest BCUT2D eigenvalue weighted by molar-refractivity contribution is 5.20. The quantitative estimate of drug-likeness (QED) is 0.812.